The van der Waals surface area contributed by atoms with Crippen LogP contribution in [0.4, 0.5) is 11.4 Å². The van der Waals surface area contributed by atoms with Gasteiger partial charge in [0, 0.05) is 36.6 Å². The van der Waals surface area contributed by atoms with E-state index in [2.05, 4.69) is 10.1 Å². The number of benzene rings is 2. The normalized spacial score (nSPS) is 10.6. The van der Waals surface area contributed by atoms with E-state index in [1.54, 1.807) is 0 Å². The molecule has 3 rings (SSSR count). The molecule has 3 aromatic rings. The molecular weight excluding hydrogens is 264 g/mol. The smallest absolute Gasteiger partial charge is 0.258 e. The fourth-order valence-electron chi connectivity index (χ4n) is 2.07. The number of nitrogens with zero attached hydrogens (tertiary/aromatic N) is 3. The summed E-state index contributed by atoms with van der Waals surface area (Å²) in [5, 5.41) is 4.02. The predicted molar refractivity (Wildman–Crippen MR) is 83.9 cm³/mol. The zero-order chi connectivity index (χ0) is 14.8. The van der Waals surface area contributed by atoms with Gasteiger partial charge in [-0.15, -0.1) is 0 Å². The summed E-state index contributed by atoms with van der Waals surface area (Å²) in [6.07, 6.45) is 0. The molecule has 0 aliphatic rings. The van der Waals surface area contributed by atoms with E-state index in [9.17, 15) is 0 Å². The second-order valence-electron chi connectivity index (χ2n) is 4.96. The Kier molecular flexibility index (Phi) is 3.31. The Morgan fingerprint density at radius 2 is 1.86 bits per heavy atom. The summed E-state index contributed by atoms with van der Waals surface area (Å²) in [5.41, 5.74) is 9.30. The maximum Gasteiger partial charge on any atom is 0.258 e. The number of hydrogen-bond acceptors (Lipinski definition) is 5. The lowest BCUT2D eigenvalue weighted by molar-refractivity contribution is 0.432. The molecule has 21 heavy (non-hydrogen) atoms. The van der Waals surface area contributed by atoms with E-state index in [1.807, 2.05) is 67.5 Å². The highest BCUT2D eigenvalue weighted by Gasteiger charge is 2.12. The molecule has 0 bridgehead atoms. The van der Waals surface area contributed by atoms with E-state index in [4.69, 9.17) is 10.3 Å². The summed E-state index contributed by atoms with van der Waals surface area (Å²) >= 11 is 0. The van der Waals surface area contributed by atoms with E-state index >= 15 is 0 Å². The minimum Gasteiger partial charge on any atom is -0.398 e. The summed E-state index contributed by atoms with van der Waals surface area (Å²) in [6.45, 7) is 0. The molecule has 0 spiro atoms. The first-order valence-electron chi connectivity index (χ1n) is 6.61. The van der Waals surface area contributed by atoms with Gasteiger partial charge in [0.15, 0.2) is 0 Å². The number of aromatic nitrogens is 2. The van der Waals surface area contributed by atoms with Crippen LogP contribution in [-0.4, -0.2) is 24.2 Å². The lowest BCUT2D eigenvalue weighted by Crippen LogP contribution is -2.08. The largest absolute Gasteiger partial charge is 0.398 e. The van der Waals surface area contributed by atoms with Gasteiger partial charge in [-0.3, -0.25) is 0 Å². The van der Waals surface area contributed by atoms with Crippen LogP contribution in [0.3, 0.4) is 0 Å². The van der Waals surface area contributed by atoms with Crippen LogP contribution in [0.15, 0.2) is 53.1 Å². The van der Waals surface area contributed by atoms with Gasteiger partial charge in [-0.05, 0) is 30.3 Å². The predicted octanol–water partition coefficient (Wildman–Crippen LogP) is 3.05. The van der Waals surface area contributed by atoms with Crippen LogP contribution in [0, 0.1) is 0 Å². The standard InChI is InChI=1S/C16H16N4O/c1-20(2)12-7-5-6-11(10-12)16-18-15(19-21-16)13-8-3-4-9-14(13)17/h3-10H,17H2,1-2H3. The van der Waals surface area contributed by atoms with Crippen LogP contribution in [0.25, 0.3) is 22.8 Å². The number of hydrogen-bond donors (Lipinski definition) is 1. The minimum absolute atomic E-state index is 0.483. The van der Waals surface area contributed by atoms with Crippen molar-refractivity contribution in [2.24, 2.45) is 0 Å². The zero-order valence-corrected chi connectivity index (χ0v) is 11.9. The number of nitrogen functional groups attached to an aromatic ring is 1. The monoisotopic (exact) mass is 280 g/mol. The van der Waals surface area contributed by atoms with Gasteiger partial charge in [0.25, 0.3) is 5.89 Å². The minimum atomic E-state index is 0.483. The molecule has 5 nitrogen and oxygen atoms in total. The van der Waals surface area contributed by atoms with E-state index < -0.39 is 0 Å². The molecule has 0 fully saturated rings. The molecule has 0 saturated heterocycles. The van der Waals surface area contributed by atoms with Gasteiger partial charge < -0.3 is 15.2 Å². The van der Waals surface area contributed by atoms with Gasteiger partial charge in [0.2, 0.25) is 5.82 Å². The Balaban J connectivity index is 1.99. The molecule has 0 aliphatic carbocycles. The van der Waals surface area contributed by atoms with Gasteiger partial charge in [0.1, 0.15) is 0 Å². The van der Waals surface area contributed by atoms with Crippen molar-refractivity contribution < 1.29 is 4.52 Å². The number of anilines is 2. The van der Waals surface area contributed by atoms with Crippen LogP contribution in [-0.2, 0) is 0 Å². The van der Waals surface area contributed by atoms with Crippen LogP contribution in [0.5, 0.6) is 0 Å². The van der Waals surface area contributed by atoms with Gasteiger partial charge in [0.05, 0.1) is 0 Å². The Bertz CT molecular complexity index is 764. The van der Waals surface area contributed by atoms with E-state index in [0.29, 0.717) is 17.4 Å². The third kappa shape index (κ3) is 2.58. The van der Waals surface area contributed by atoms with Crippen LogP contribution >= 0.6 is 0 Å². The maximum absolute atomic E-state index is 5.94. The van der Waals surface area contributed by atoms with E-state index in [-0.39, 0.29) is 0 Å². The van der Waals surface area contributed by atoms with Crippen molar-refractivity contribution in [3.05, 3.63) is 48.5 Å². The molecule has 0 radical (unpaired) electrons. The molecule has 2 N–H and O–H groups in total. The van der Waals surface area contributed by atoms with Crippen LogP contribution in [0.1, 0.15) is 0 Å². The maximum atomic E-state index is 5.94. The molecule has 0 unspecified atom stereocenters. The molecule has 106 valence electrons. The summed E-state index contributed by atoms with van der Waals surface area (Å²) in [7, 11) is 3.98. The Morgan fingerprint density at radius 1 is 1.05 bits per heavy atom. The third-order valence-corrected chi connectivity index (χ3v) is 3.24. The lowest BCUT2D eigenvalue weighted by Gasteiger charge is -2.12. The first-order valence-corrected chi connectivity index (χ1v) is 6.61. The second-order valence-corrected chi connectivity index (χ2v) is 4.96. The van der Waals surface area contributed by atoms with Crippen LogP contribution in [0.2, 0.25) is 0 Å². The van der Waals surface area contributed by atoms with Crippen molar-refractivity contribution in [2.75, 3.05) is 24.7 Å². The summed E-state index contributed by atoms with van der Waals surface area (Å²) in [5.74, 6) is 0.982. The van der Waals surface area contributed by atoms with Crippen molar-refractivity contribution >= 4 is 11.4 Å². The quantitative estimate of drug-likeness (QED) is 0.747. The second kappa shape index (κ2) is 5.28. The molecule has 0 aliphatic heterocycles. The molecule has 5 heteroatoms. The van der Waals surface area contributed by atoms with Gasteiger partial charge in [-0.25, -0.2) is 0 Å². The molecular formula is C16H16N4O. The topological polar surface area (TPSA) is 68.2 Å². The fraction of sp³-hybridized carbons (Fsp3) is 0.125. The summed E-state index contributed by atoms with van der Waals surface area (Å²) in [4.78, 5) is 6.46. The Hall–Kier alpha value is -2.82. The first kappa shape index (κ1) is 13.2. The van der Waals surface area contributed by atoms with Crippen molar-refractivity contribution in [1.82, 2.24) is 10.1 Å². The van der Waals surface area contributed by atoms with Crippen molar-refractivity contribution in [2.45, 2.75) is 0 Å². The van der Waals surface area contributed by atoms with E-state index in [0.717, 1.165) is 16.8 Å². The van der Waals surface area contributed by atoms with Crippen LogP contribution < -0.4 is 10.6 Å². The van der Waals surface area contributed by atoms with Crippen molar-refractivity contribution in [3.63, 3.8) is 0 Å². The highest BCUT2D eigenvalue weighted by Crippen LogP contribution is 2.27. The molecule has 0 saturated carbocycles. The van der Waals surface area contributed by atoms with Gasteiger partial charge >= 0.3 is 0 Å². The third-order valence-electron chi connectivity index (χ3n) is 3.24. The number of rotatable bonds is 3. The molecule has 0 amide bonds. The Morgan fingerprint density at radius 3 is 2.62 bits per heavy atom. The average molecular weight is 280 g/mol. The number of para-hydroxylation sites is 1. The van der Waals surface area contributed by atoms with Gasteiger partial charge in [-0.2, -0.15) is 4.98 Å². The molecule has 1 aromatic heterocycles. The lowest BCUT2D eigenvalue weighted by atomic mass is 10.1. The fourth-order valence-corrected chi connectivity index (χ4v) is 2.07. The highest BCUT2D eigenvalue weighted by molar-refractivity contribution is 5.72. The zero-order valence-electron chi connectivity index (χ0n) is 11.9. The average Bonchev–Trinajstić information content (AvgIpc) is 2.97. The summed E-state index contributed by atoms with van der Waals surface area (Å²) in [6, 6.07) is 15.4. The first-order chi connectivity index (χ1) is 10.1. The van der Waals surface area contributed by atoms with Crippen molar-refractivity contribution in [1.29, 1.82) is 0 Å². The van der Waals surface area contributed by atoms with Gasteiger partial charge in [-0.1, -0.05) is 23.4 Å². The Labute approximate surface area is 123 Å². The molecule has 2 aromatic carbocycles. The summed E-state index contributed by atoms with van der Waals surface area (Å²) < 4.78 is 5.36. The SMILES string of the molecule is CN(C)c1cccc(-c2nc(-c3ccccc3N)no2)c1. The highest BCUT2D eigenvalue weighted by atomic mass is 16.5. The number of nitrogens with two attached hydrogens (primary N) is 1. The molecule has 0 atom stereocenters. The van der Waals surface area contributed by atoms with E-state index in [1.165, 1.54) is 0 Å². The van der Waals surface area contributed by atoms with Crippen molar-refractivity contribution in [3.8, 4) is 22.8 Å². The molecule has 1 heterocycles.